The van der Waals surface area contributed by atoms with E-state index in [-0.39, 0.29) is 5.82 Å². The summed E-state index contributed by atoms with van der Waals surface area (Å²) in [6.45, 7) is 1.65. The van der Waals surface area contributed by atoms with E-state index in [9.17, 15) is 4.39 Å². The summed E-state index contributed by atoms with van der Waals surface area (Å²) in [7, 11) is 0. The van der Waals surface area contributed by atoms with Crippen molar-refractivity contribution in [2.45, 2.75) is 6.92 Å². The lowest BCUT2D eigenvalue weighted by molar-refractivity contribution is 0.610. The molecule has 112 valence electrons. The van der Waals surface area contributed by atoms with Gasteiger partial charge in [-0.15, -0.1) is 0 Å². The number of aryl methyl sites for hydroxylation is 1. The molecule has 0 unspecified atom stereocenters. The van der Waals surface area contributed by atoms with Crippen LogP contribution >= 0.6 is 0 Å². The van der Waals surface area contributed by atoms with E-state index in [1.807, 2.05) is 24.3 Å². The molecule has 3 heterocycles. The van der Waals surface area contributed by atoms with Gasteiger partial charge >= 0.3 is 0 Å². The highest BCUT2D eigenvalue weighted by Gasteiger charge is 2.12. The minimum Gasteiger partial charge on any atom is -0.278 e. The van der Waals surface area contributed by atoms with Crippen molar-refractivity contribution >= 4 is 10.9 Å². The SMILES string of the molecule is Cc1nc(-c2ncccc2-c2ccc3[nH]ncc3c2)ccc1F. The van der Waals surface area contributed by atoms with Crippen LogP contribution in [-0.4, -0.2) is 20.2 Å². The summed E-state index contributed by atoms with van der Waals surface area (Å²) < 4.78 is 13.5. The lowest BCUT2D eigenvalue weighted by atomic mass is 10.0. The highest BCUT2D eigenvalue weighted by atomic mass is 19.1. The Morgan fingerprint density at radius 2 is 2.00 bits per heavy atom. The lowest BCUT2D eigenvalue weighted by Crippen LogP contribution is -1.95. The molecule has 3 aromatic heterocycles. The van der Waals surface area contributed by atoms with Gasteiger partial charge in [0.1, 0.15) is 5.82 Å². The van der Waals surface area contributed by atoms with E-state index in [0.29, 0.717) is 11.4 Å². The molecule has 0 saturated carbocycles. The summed E-state index contributed by atoms with van der Waals surface area (Å²) in [6, 6.07) is 13.0. The summed E-state index contributed by atoms with van der Waals surface area (Å²) in [6.07, 6.45) is 3.50. The number of nitrogens with one attached hydrogen (secondary N) is 1. The van der Waals surface area contributed by atoms with Crippen molar-refractivity contribution in [3.8, 4) is 22.5 Å². The molecule has 1 aromatic carbocycles. The average molecular weight is 304 g/mol. The van der Waals surface area contributed by atoms with Crippen molar-refractivity contribution in [1.82, 2.24) is 20.2 Å². The van der Waals surface area contributed by atoms with Crippen LogP contribution in [0.1, 0.15) is 5.69 Å². The molecule has 0 aliphatic carbocycles. The second kappa shape index (κ2) is 5.28. The molecule has 0 bridgehead atoms. The van der Waals surface area contributed by atoms with Crippen LogP contribution in [0.4, 0.5) is 4.39 Å². The third-order valence-corrected chi connectivity index (χ3v) is 3.82. The monoisotopic (exact) mass is 304 g/mol. The number of aromatic amines is 1. The van der Waals surface area contributed by atoms with Crippen molar-refractivity contribution in [3.05, 3.63) is 66.4 Å². The van der Waals surface area contributed by atoms with Gasteiger partial charge in [-0.25, -0.2) is 9.37 Å². The van der Waals surface area contributed by atoms with Gasteiger partial charge in [-0.1, -0.05) is 12.1 Å². The fourth-order valence-electron chi connectivity index (χ4n) is 2.63. The van der Waals surface area contributed by atoms with Gasteiger partial charge in [-0.05, 0) is 42.8 Å². The largest absolute Gasteiger partial charge is 0.278 e. The first-order valence-electron chi connectivity index (χ1n) is 7.24. The Bertz CT molecular complexity index is 1010. The van der Waals surface area contributed by atoms with Gasteiger partial charge < -0.3 is 0 Å². The molecule has 5 heteroatoms. The van der Waals surface area contributed by atoms with Crippen LogP contribution < -0.4 is 0 Å². The fourth-order valence-corrected chi connectivity index (χ4v) is 2.63. The summed E-state index contributed by atoms with van der Waals surface area (Å²) in [5, 5.41) is 8.01. The topological polar surface area (TPSA) is 54.5 Å². The van der Waals surface area contributed by atoms with E-state index < -0.39 is 0 Å². The number of benzene rings is 1. The van der Waals surface area contributed by atoms with Crippen molar-refractivity contribution in [3.63, 3.8) is 0 Å². The first-order valence-corrected chi connectivity index (χ1v) is 7.24. The molecule has 4 nitrogen and oxygen atoms in total. The third kappa shape index (κ3) is 2.36. The number of halogens is 1. The van der Waals surface area contributed by atoms with E-state index >= 15 is 0 Å². The number of aromatic nitrogens is 4. The minimum atomic E-state index is -0.314. The van der Waals surface area contributed by atoms with Crippen molar-refractivity contribution < 1.29 is 4.39 Å². The Balaban J connectivity index is 1.90. The van der Waals surface area contributed by atoms with Crippen molar-refractivity contribution in [2.75, 3.05) is 0 Å². The molecule has 23 heavy (non-hydrogen) atoms. The molecule has 0 aliphatic heterocycles. The van der Waals surface area contributed by atoms with Gasteiger partial charge in [-0.2, -0.15) is 5.10 Å². The fraction of sp³-hybridized carbons (Fsp3) is 0.0556. The Hall–Kier alpha value is -3.08. The van der Waals surface area contributed by atoms with E-state index in [1.54, 1.807) is 25.4 Å². The predicted octanol–water partition coefficient (Wildman–Crippen LogP) is 4.13. The molecular weight excluding hydrogens is 291 g/mol. The lowest BCUT2D eigenvalue weighted by Gasteiger charge is -2.09. The molecule has 0 amide bonds. The summed E-state index contributed by atoms with van der Waals surface area (Å²) in [5.41, 5.74) is 4.71. The Kier molecular flexibility index (Phi) is 3.12. The molecule has 0 radical (unpaired) electrons. The van der Waals surface area contributed by atoms with Crippen LogP contribution in [0.25, 0.3) is 33.4 Å². The quantitative estimate of drug-likeness (QED) is 0.605. The van der Waals surface area contributed by atoms with Crippen LogP contribution in [-0.2, 0) is 0 Å². The Morgan fingerprint density at radius 3 is 2.87 bits per heavy atom. The molecule has 4 aromatic rings. The number of H-pyrrole nitrogens is 1. The first-order chi connectivity index (χ1) is 11.2. The Morgan fingerprint density at radius 1 is 1.09 bits per heavy atom. The van der Waals surface area contributed by atoms with Gasteiger partial charge in [0.25, 0.3) is 0 Å². The average Bonchev–Trinajstić information content (AvgIpc) is 3.05. The molecule has 0 fully saturated rings. The van der Waals surface area contributed by atoms with E-state index in [0.717, 1.165) is 27.7 Å². The molecule has 4 rings (SSSR count). The van der Waals surface area contributed by atoms with Crippen LogP contribution in [0.2, 0.25) is 0 Å². The molecule has 1 N–H and O–H groups in total. The number of nitrogens with zero attached hydrogens (tertiary/aromatic N) is 3. The van der Waals surface area contributed by atoms with Crippen molar-refractivity contribution in [2.24, 2.45) is 0 Å². The van der Waals surface area contributed by atoms with Crippen LogP contribution in [0.15, 0.2) is 54.9 Å². The molecule has 0 spiro atoms. The maximum Gasteiger partial charge on any atom is 0.144 e. The molecule has 0 saturated heterocycles. The zero-order valence-corrected chi connectivity index (χ0v) is 12.4. The predicted molar refractivity (Wildman–Crippen MR) is 87.3 cm³/mol. The van der Waals surface area contributed by atoms with Gasteiger partial charge in [-0.3, -0.25) is 10.1 Å². The third-order valence-electron chi connectivity index (χ3n) is 3.82. The van der Waals surface area contributed by atoms with Gasteiger partial charge in [0, 0.05) is 17.1 Å². The van der Waals surface area contributed by atoms with Gasteiger partial charge in [0.2, 0.25) is 0 Å². The van der Waals surface area contributed by atoms with E-state index in [2.05, 4.69) is 26.2 Å². The number of hydrogen-bond acceptors (Lipinski definition) is 3. The summed E-state index contributed by atoms with van der Waals surface area (Å²) in [4.78, 5) is 8.78. The van der Waals surface area contributed by atoms with Gasteiger partial charge in [0.15, 0.2) is 0 Å². The number of rotatable bonds is 2. The second-order valence-corrected chi connectivity index (χ2v) is 5.34. The minimum absolute atomic E-state index is 0.314. The van der Waals surface area contributed by atoms with E-state index in [4.69, 9.17) is 0 Å². The summed E-state index contributed by atoms with van der Waals surface area (Å²) >= 11 is 0. The smallest absolute Gasteiger partial charge is 0.144 e. The second-order valence-electron chi connectivity index (χ2n) is 5.34. The van der Waals surface area contributed by atoms with Gasteiger partial charge in [0.05, 0.1) is 28.8 Å². The van der Waals surface area contributed by atoms with Crippen LogP contribution in [0.3, 0.4) is 0 Å². The van der Waals surface area contributed by atoms with Crippen LogP contribution in [0, 0.1) is 12.7 Å². The zero-order valence-electron chi connectivity index (χ0n) is 12.4. The maximum absolute atomic E-state index is 13.5. The van der Waals surface area contributed by atoms with Crippen molar-refractivity contribution in [1.29, 1.82) is 0 Å². The number of hydrogen-bond donors (Lipinski definition) is 1. The highest BCUT2D eigenvalue weighted by molar-refractivity contribution is 5.87. The zero-order chi connectivity index (χ0) is 15.8. The maximum atomic E-state index is 13.5. The normalized spacial score (nSPS) is 11.0. The number of pyridine rings is 2. The standard InChI is InChI=1S/C18H13FN4/c1-11-15(19)5-7-17(22-11)18-14(3-2-8-20-18)12-4-6-16-13(9-12)10-21-23-16/h2-10H,1H3,(H,21,23). The highest BCUT2D eigenvalue weighted by Crippen LogP contribution is 2.31. The van der Waals surface area contributed by atoms with Crippen LogP contribution in [0.5, 0.6) is 0 Å². The molecule has 0 atom stereocenters. The summed E-state index contributed by atoms with van der Waals surface area (Å²) in [5.74, 6) is -0.314. The molecule has 0 aliphatic rings. The molecular formula is C18H13FN4. The number of fused-ring (bicyclic) bond motifs is 1. The van der Waals surface area contributed by atoms with E-state index in [1.165, 1.54) is 6.07 Å². The Labute approximate surface area is 132 Å². The first kappa shape index (κ1) is 13.6.